The van der Waals surface area contributed by atoms with Gasteiger partial charge in [0.1, 0.15) is 13.3 Å². The largest absolute Gasteiger partial charge is 0.446 e. The molecule has 0 radical (unpaired) electrons. The van der Waals surface area contributed by atoms with Gasteiger partial charge in [-0.05, 0) is 0 Å². The summed E-state index contributed by atoms with van der Waals surface area (Å²) in [5.74, 6) is 0. The van der Waals surface area contributed by atoms with Crippen LogP contribution in [0.5, 0.6) is 0 Å². The van der Waals surface area contributed by atoms with Crippen LogP contribution in [0.4, 0.5) is 4.79 Å². The molecule has 0 rings (SSSR count). The van der Waals surface area contributed by atoms with E-state index in [9.17, 15) is 4.79 Å². The molecule has 0 heterocycles. The number of rotatable bonds is 5. The number of hydrazine groups is 1. The molecule has 6 nitrogen and oxygen atoms in total. The van der Waals surface area contributed by atoms with Crippen molar-refractivity contribution in [1.82, 2.24) is 10.9 Å². The Morgan fingerprint density at radius 1 is 1.64 bits per heavy atom. The number of carbonyl (C=O) groups is 1. The second-order valence-corrected chi connectivity index (χ2v) is 1.59. The van der Waals surface area contributed by atoms with Crippen LogP contribution in [0, 0.1) is 0 Å². The van der Waals surface area contributed by atoms with Gasteiger partial charge in [0.15, 0.2) is 0 Å². The lowest BCUT2D eigenvalue weighted by Gasteiger charge is -2.05. The fourth-order valence-electron chi connectivity index (χ4n) is 0.355. The highest BCUT2D eigenvalue weighted by Crippen LogP contribution is 1.72. The Kier molecular flexibility index (Phi) is 6.70. The summed E-state index contributed by atoms with van der Waals surface area (Å²) in [6.45, 7) is 0.00637. The molecule has 6 heteroatoms. The Morgan fingerprint density at radius 3 is 2.91 bits per heavy atom. The molecule has 11 heavy (non-hydrogen) atoms. The molecule has 0 aliphatic heterocycles. The first-order chi connectivity index (χ1) is 5.31. The Bertz CT molecular complexity index is 109. The quantitative estimate of drug-likeness (QED) is 0.270. The highest BCUT2D eigenvalue weighted by atomic mass is 16.6. The number of methoxy groups -OCH3 is 1. The summed E-state index contributed by atoms with van der Waals surface area (Å²) in [5.41, 5.74) is 4.59. The summed E-state index contributed by atoms with van der Waals surface area (Å²) in [6, 6.07) is 0. The number of carbonyl (C=O) groups excluding carboxylic acids is 1. The Morgan fingerprint density at radius 2 is 2.36 bits per heavy atom. The molecule has 0 aliphatic rings. The van der Waals surface area contributed by atoms with Crippen molar-refractivity contribution < 1.29 is 19.4 Å². The first-order valence-electron chi connectivity index (χ1n) is 3.06. The predicted molar refractivity (Wildman–Crippen MR) is 36.6 cm³/mol. The third-order valence-corrected chi connectivity index (χ3v) is 0.731. The second kappa shape index (κ2) is 7.26. The smallest absolute Gasteiger partial charge is 0.421 e. The summed E-state index contributed by atoms with van der Waals surface area (Å²) >= 11 is 0. The first kappa shape index (κ1) is 10.2. The van der Waals surface area contributed by atoms with Gasteiger partial charge in [-0.15, -0.1) is 0 Å². The summed E-state index contributed by atoms with van der Waals surface area (Å²) in [6.07, 6.45) is -0.642. The number of hydrogen-bond acceptors (Lipinski definition) is 5. The molecule has 1 amide bonds. The maximum atomic E-state index is 10.5. The van der Waals surface area contributed by atoms with Crippen LogP contribution in [-0.2, 0) is 9.47 Å². The van der Waals surface area contributed by atoms with Crippen molar-refractivity contribution in [3.8, 4) is 0 Å². The van der Waals surface area contributed by atoms with E-state index in [4.69, 9.17) is 5.11 Å². The molecule has 0 aromatic carbocycles. The Hall–Kier alpha value is -0.850. The highest BCUT2D eigenvalue weighted by Gasteiger charge is 1.97. The minimum Gasteiger partial charge on any atom is -0.446 e. The molecule has 0 saturated heterocycles. The van der Waals surface area contributed by atoms with E-state index in [0.29, 0.717) is 0 Å². The molecule has 0 saturated carbocycles. The number of nitrogens with one attached hydrogen (secondary N) is 2. The van der Waals surface area contributed by atoms with Crippen LogP contribution in [0.15, 0.2) is 0 Å². The zero-order chi connectivity index (χ0) is 8.53. The fourth-order valence-corrected chi connectivity index (χ4v) is 0.355. The van der Waals surface area contributed by atoms with E-state index in [0.717, 1.165) is 0 Å². The standard InChI is InChI=1S/C5H12N2O4/c1-10-4-6-7-5(9)11-3-2-8/h6,8H,2-4H2,1H3,(H,7,9). The minimum absolute atomic E-state index is 0.0134. The molecule has 3 N–H and O–H groups in total. The monoisotopic (exact) mass is 164 g/mol. The van der Waals surface area contributed by atoms with Gasteiger partial charge in [0.05, 0.1) is 6.61 Å². The van der Waals surface area contributed by atoms with Crippen molar-refractivity contribution in [2.75, 3.05) is 27.1 Å². The minimum atomic E-state index is -0.642. The maximum Gasteiger partial charge on any atom is 0.421 e. The number of amides is 1. The van der Waals surface area contributed by atoms with Crippen LogP contribution in [-0.4, -0.2) is 38.3 Å². The Balaban J connectivity index is 3.09. The molecule has 66 valence electrons. The highest BCUT2D eigenvalue weighted by molar-refractivity contribution is 5.66. The van der Waals surface area contributed by atoms with Gasteiger partial charge < -0.3 is 14.6 Å². The van der Waals surface area contributed by atoms with Gasteiger partial charge in [-0.25, -0.2) is 10.2 Å². The second-order valence-electron chi connectivity index (χ2n) is 1.59. The van der Waals surface area contributed by atoms with Crippen molar-refractivity contribution >= 4 is 6.09 Å². The van der Waals surface area contributed by atoms with E-state index in [1.54, 1.807) is 0 Å². The van der Waals surface area contributed by atoms with Gasteiger partial charge in [-0.1, -0.05) is 0 Å². The lowest BCUT2D eigenvalue weighted by molar-refractivity contribution is 0.104. The van der Waals surface area contributed by atoms with E-state index in [2.05, 4.69) is 20.3 Å². The number of aliphatic hydroxyl groups is 1. The van der Waals surface area contributed by atoms with Gasteiger partial charge in [0.2, 0.25) is 0 Å². The van der Waals surface area contributed by atoms with E-state index >= 15 is 0 Å². The van der Waals surface area contributed by atoms with Crippen LogP contribution in [0.25, 0.3) is 0 Å². The lowest BCUT2D eigenvalue weighted by Crippen LogP contribution is -2.39. The number of aliphatic hydroxyl groups excluding tert-OH is 1. The van der Waals surface area contributed by atoms with Crippen molar-refractivity contribution in [2.45, 2.75) is 0 Å². The van der Waals surface area contributed by atoms with Crippen molar-refractivity contribution in [3.05, 3.63) is 0 Å². The molecular formula is C5H12N2O4. The number of hydrogen-bond donors (Lipinski definition) is 3. The Labute approximate surface area is 64.5 Å². The van der Waals surface area contributed by atoms with Crippen LogP contribution in [0.1, 0.15) is 0 Å². The van der Waals surface area contributed by atoms with Gasteiger partial charge in [-0.3, -0.25) is 5.43 Å². The lowest BCUT2D eigenvalue weighted by atomic mass is 10.8. The van der Waals surface area contributed by atoms with Gasteiger partial charge in [0, 0.05) is 7.11 Å². The van der Waals surface area contributed by atoms with Gasteiger partial charge >= 0.3 is 6.09 Å². The van der Waals surface area contributed by atoms with Crippen LogP contribution in [0.3, 0.4) is 0 Å². The van der Waals surface area contributed by atoms with E-state index in [1.807, 2.05) is 0 Å². The zero-order valence-electron chi connectivity index (χ0n) is 6.29. The van der Waals surface area contributed by atoms with E-state index in [-0.39, 0.29) is 19.9 Å². The molecule has 0 atom stereocenters. The predicted octanol–water partition coefficient (Wildman–Crippen LogP) is -1.19. The zero-order valence-corrected chi connectivity index (χ0v) is 6.29. The van der Waals surface area contributed by atoms with Gasteiger partial charge in [0.25, 0.3) is 0 Å². The average Bonchev–Trinajstić information content (AvgIpc) is 2.01. The molecule has 0 bridgehead atoms. The maximum absolute atomic E-state index is 10.5. The van der Waals surface area contributed by atoms with Crippen LogP contribution < -0.4 is 10.9 Å². The van der Waals surface area contributed by atoms with Crippen LogP contribution in [0.2, 0.25) is 0 Å². The molecule has 0 unspecified atom stereocenters. The van der Waals surface area contributed by atoms with Crippen molar-refractivity contribution in [2.24, 2.45) is 0 Å². The molecule has 0 aliphatic carbocycles. The summed E-state index contributed by atoms with van der Waals surface area (Å²) < 4.78 is 8.99. The van der Waals surface area contributed by atoms with Crippen LogP contribution >= 0.6 is 0 Å². The van der Waals surface area contributed by atoms with Gasteiger partial charge in [-0.2, -0.15) is 0 Å². The fraction of sp³-hybridized carbons (Fsp3) is 0.800. The average molecular weight is 164 g/mol. The summed E-state index contributed by atoms with van der Waals surface area (Å²) in [5, 5.41) is 8.24. The van der Waals surface area contributed by atoms with E-state index in [1.165, 1.54) is 7.11 Å². The van der Waals surface area contributed by atoms with Crippen molar-refractivity contribution in [3.63, 3.8) is 0 Å². The topological polar surface area (TPSA) is 79.8 Å². The van der Waals surface area contributed by atoms with E-state index < -0.39 is 6.09 Å². The third-order valence-electron chi connectivity index (χ3n) is 0.731. The molecule has 0 spiro atoms. The molecular weight excluding hydrogens is 152 g/mol. The summed E-state index contributed by atoms with van der Waals surface area (Å²) in [7, 11) is 1.48. The number of ether oxygens (including phenoxy) is 2. The molecule has 0 aromatic heterocycles. The summed E-state index contributed by atoms with van der Waals surface area (Å²) in [4.78, 5) is 10.5. The van der Waals surface area contributed by atoms with Crippen molar-refractivity contribution in [1.29, 1.82) is 0 Å². The normalized spacial score (nSPS) is 9.27. The molecule has 0 aromatic rings. The third kappa shape index (κ3) is 7.04. The SMILES string of the molecule is COCNNC(=O)OCCO. The first-order valence-corrected chi connectivity index (χ1v) is 3.06. The molecule has 0 fully saturated rings.